The Morgan fingerprint density at radius 1 is 1.17 bits per heavy atom. The number of carbonyl (C=O) groups excluding carboxylic acids is 2. The number of rotatable bonds is 3. The summed E-state index contributed by atoms with van der Waals surface area (Å²) in [7, 11) is 0. The summed E-state index contributed by atoms with van der Waals surface area (Å²) in [5.74, 6) is -0.0813. The van der Waals surface area contributed by atoms with Crippen LogP contribution in [0.1, 0.15) is 34.6 Å². The van der Waals surface area contributed by atoms with Gasteiger partial charge < -0.3 is 9.64 Å². The van der Waals surface area contributed by atoms with Crippen LogP contribution < -0.4 is 0 Å². The van der Waals surface area contributed by atoms with Crippen molar-refractivity contribution in [2.24, 2.45) is 0 Å². The number of esters is 1. The van der Waals surface area contributed by atoms with Crippen molar-refractivity contribution in [3.8, 4) is 0 Å². The van der Waals surface area contributed by atoms with Crippen molar-refractivity contribution in [3.63, 3.8) is 0 Å². The summed E-state index contributed by atoms with van der Waals surface area (Å²) in [5, 5.41) is 0. The van der Waals surface area contributed by atoms with Crippen LogP contribution in [0.25, 0.3) is 0 Å². The van der Waals surface area contributed by atoms with Crippen LogP contribution in [0, 0.1) is 0 Å². The van der Waals surface area contributed by atoms with Crippen LogP contribution in [0.3, 0.4) is 0 Å². The van der Waals surface area contributed by atoms with E-state index in [0.29, 0.717) is 19.7 Å². The van der Waals surface area contributed by atoms with Gasteiger partial charge in [0.2, 0.25) is 5.91 Å². The van der Waals surface area contributed by atoms with Crippen molar-refractivity contribution >= 4 is 11.9 Å². The van der Waals surface area contributed by atoms with Crippen LogP contribution in [0.15, 0.2) is 0 Å². The van der Waals surface area contributed by atoms with E-state index in [4.69, 9.17) is 4.74 Å². The van der Waals surface area contributed by atoms with E-state index < -0.39 is 0 Å². The molecular formula is C13H26N2O3. The lowest BCUT2D eigenvalue weighted by Gasteiger charge is -2.36. The fraction of sp³-hybridized carbons (Fsp3) is 0.846. The second-order valence-electron chi connectivity index (χ2n) is 3.97. The zero-order chi connectivity index (χ0) is 14.1. The smallest absolute Gasteiger partial charge is 0.323 e. The second-order valence-corrected chi connectivity index (χ2v) is 3.97. The average Bonchev–Trinajstić information content (AvgIpc) is 2.40. The summed E-state index contributed by atoms with van der Waals surface area (Å²) < 4.78 is 4.97. The maximum atomic E-state index is 11.5. The van der Waals surface area contributed by atoms with E-state index in [1.807, 2.05) is 20.8 Å². The van der Waals surface area contributed by atoms with Gasteiger partial charge in [-0.3, -0.25) is 14.5 Å². The Kier molecular flexibility index (Phi) is 8.37. The van der Waals surface area contributed by atoms with Gasteiger partial charge in [-0.05, 0) is 13.8 Å². The molecule has 1 amide bonds. The summed E-state index contributed by atoms with van der Waals surface area (Å²) in [6, 6.07) is -0.214. The van der Waals surface area contributed by atoms with E-state index in [9.17, 15) is 9.59 Å². The minimum atomic E-state index is -0.214. The monoisotopic (exact) mass is 258 g/mol. The summed E-state index contributed by atoms with van der Waals surface area (Å²) in [4.78, 5) is 26.5. The molecule has 0 bridgehead atoms. The molecule has 0 radical (unpaired) electrons. The van der Waals surface area contributed by atoms with Crippen molar-refractivity contribution in [2.45, 2.75) is 40.7 Å². The maximum Gasteiger partial charge on any atom is 0.323 e. The molecule has 1 heterocycles. The number of carbonyl (C=O) groups is 2. The number of nitrogens with zero attached hydrogens (tertiary/aromatic N) is 2. The van der Waals surface area contributed by atoms with Crippen LogP contribution in [0.5, 0.6) is 0 Å². The Labute approximate surface area is 110 Å². The summed E-state index contributed by atoms with van der Waals surface area (Å²) >= 11 is 0. The molecular weight excluding hydrogens is 232 g/mol. The molecule has 0 aromatic carbocycles. The number of hydrogen-bond donors (Lipinski definition) is 0. The SMILES string of the molecule is CC.CCOC(=O)C(C)N1CCN(C(C)=O)CC1. The number of piperazine rings is 1. The molecule has 0 saturated carbocycles. The lowest BCUT2D eigenvalue weighted by molar-refractivity contribution is -0.149. The van der Waals surface area contributed by atoms with Crippen LogP contribution in [-0.2, 0) is 14.3 Å². The molecule has 18 heavy (non-hydrogen) atoms. The van der Waals surface area contributed by atoms with Crippen molar-refractivity contribution in [1.82, 2.24) is 9.80 Å². The number of amides is 1. The highest BCUT2D eigenvalue weighted by molar-refractivity contribution is 5.75. The van der Waals surface area contributed by atoms with Gasteiger partial charge in [-0.15, -0.1) is 0 Å². The zero-order valence-corrected chi connectivity index (χ0v) is 12.2. The lowest BCUT2D eigenvalue weighted by atomic mass is 10.2. The number of hydrogen-bond acceptors (Lipinski definition) is 4. The van der Waals surface area contributed by atoms with Gasteiger partial charge in [-0.2, -0.15) is 0 Å². The van der Waals surface area contributed by atoms with E-state index in [0.717, 1.165) is 13.1 Å². The molecule has 5 nitrogen and oxygen atoms in total. The zero-order valence-electron chi connectivity index (χ0n) is 12.2. The third-order valence-corrected chi connectivity index (χ3v) is 2.94. The van der Waals surface area contributed by atoms with E-state index in [-0.39, 0.29) is 17.9 Å². The molecule has 0 spiro atoms. The first kappa shape index (κ1) is 16.9. The molecule has 1 unspecified atom stereocenters. The molecule has 0 aromatic heterocycles. The first-order chi connectivity index (χ1) is 8.56. The first-order valence-corrected chi connectivity index (χ1v) is 6.72. The van der Waals surface area contributed by atoms with Crippen molar-refractivity contribution in [2.75, 3.05) is 32.8 Å². The summed E-state index contributed by atoms with van der Waals surface area (Å²) in [6.07, 6.45) is 0. The quantitative estimate of drug-likeness (QED) is 0.712. The average molecular weight is 258 g/mol. The Morgan fingerprint density at radius 2 is 1.67 bits per heavy atom. The topological polar surface area (TPSA) is 49.9 Å². The Bertz CT molecular complexity index is 261. The predicted molar refractivity (Wildman–Crippen MR) is 71.3 cm³/mol. The Hall–Kier alpha value is -1.10. The van der Waals surface area contributed by atoms with E-state index in [2.05, 4.69) is 4.90 Å². The van der Waals surface area contributed by atoms with Crippen LogP contribution in [0.2, 0.25) is 0 Å². The Balaban J connectivity index is 0.00000137. The fourth-order valence-corrected chi connectivity index (χ4v) is 1.84. The number of ether oxygens (including phenoxy) is 1. The maximum absolute atomic E-state index is 11.5. The molecule has 1 atom stereocenters. The van der Waals surface area contributed by atoms with Gasteiger partial charge in [0.1, 0.15) is 6.04 Å². The predicted octanol–water partition coefficient (Wildman–Crippen LogP) is 1.13. The summed E-state index contributed by atoms with van der Waals surface area (Å²) in [6.45, 7) is 12.5. The fourth-order valence-electron chi connectivity index (χ4n) is 1.84. The molecule has 0 aromatic rings. The third kappa shape index (κ3) is 5.04. The molecule has 1 saturated heterocycles. The minimum Gasteiger partial charge on any atom is -0.465 e. The highest BCUT2D eigenvalue weighted by Gasteiger charge is 2.26. The van der Waals surface area contributed by atoms with Gasteiger partial charge in [0, 0.05) is 33.1 Å². The lowest BCUT2D eigenvalue weighted by Crippen LogP contribution is -2.53. The summed E-state index contributed by atoms with van der Waals surface area (Å²) in [5.41, 5.74) is 0. The molecule has 1 fully saturated rings. The van der Waals surface area contributed by atoms with Gasteiger partial charge in [0.15, 0.2) is 0 Å². The highest BCUT2D eigenvalue weighted by Crippen LogP contribution is 2.07. The van der Waals surface area contributed by atoms with Crippen molar-refractivity contribution in [1.29, 1.82) is 0 Å². The van der Waals surface area contributed by atoms with Crippen molar-refractivity contribution < 1.29 is 14.3 Å². The van der Waals surface area contributed by atoms with Crippen LogP contribution in [0.4, 0.5) is 0 Å². The van der Waals surface area contributed by atoms with Gasteiger partial charge in [0.05, 0.1) is 6.61 Å². The first-order valence-electron chi connectivity index (χ1n) is 6.72. The highest BCUT2D eigenvalue weighted by atomic mass is 16.5. The molecule has 0 N–H and O–H groups in total. The Morgan fingerprint density at radius 3 is 2.06 bits per heavy atom. The van der Waals surface area contributed by atoms with E-state index in [1.54, 1.807) is 18.7 Å². The third-order valence-electron chi connectivity index (χ3n) is 2.94. The molecule has 1 rings (SSSR count). The molecule has 5 heteroatoms. The van der Waals surface area contributed by atoms with Gasteiger partial charge in [-0.25, -0.2) is 0 Å². The molecule has 1 aliphatic heterocycles. The molecule has 0 aliphatic carbocycles. The van der Waals surface area contributed by atoms with Crippen molar-refractivity contribution in [3.05, 3.63) is 0 Å². The van der Waals surface area contributed by atoms with Gasteiger partial charge in [-0.1, -0.05) is 13.8 Å². The molecule has 1 aliphatic rings. The standard InChI is InChI=1S/C11H20N2O3.C2H6/c1-4-16-11(15)9(2)12-5-7-13(8-6-12)10(3)14;1-2/h9H,4-8H2,1-3H3;1-2H3. The van der Waals surface area contributed by atoms with Gasteiger partial charge >= 0.3 is 5.97 Å². The molecule has 106 valence electrons. The minimum absolute atomic E-state index is 0.100. The van der Waals surface area contributed by atoms with Gasteiger partial charge in [0.25, 0.3) is 0 Å². The largest absolute Gasteiger partial charge is 0.465 e. The van der Waals surface area contributed by atoms with Crippen LogP contribution >= 0.6 is 0 Å². The normalized spacial score (nSPS) is 17.5. The van der Waals surface area contributed by atoms with E-state index >= 15 is 0 Å². The second kappa shape index (κ2) is 8.91. The van der Waals surface area contributed by atoms with E-state index in [1.165, 1.54) is 0 Å². The van der Waals surface area contributed by atoms with Crippen LogP contribution in [-0.4, -0.2) is 60.5 Å².